The van der Waals surface area contributed by atoms with Crippen LogP contribution in [-0.4, -0.2) is 10.2 Å². The van der Waals surface area contributed by atoms with E-state index in [-0.39, 0.29) is 10.0 Å². The van der Waals surface area contributed by atoms with Crippen molar-refractivity contribution in [3.05, 3.63) is 72.8 Å². The highest BCUT2D eigenvalue weighted by Crippen LogP contribution is 2.39. The van der Waals surface area contributed by atoms with E-state index in [2.05, 4.69) is 13.2 Å². The van der Waals surface area contributed by atoms with E-state index in [1.807, 2.05) is 0 Å². The molecule has 7 heteroatoms. The van der Waals surface area contributed by atoms with Crippen LogP contribution in [0, 0.1) is 0 Å². The number of hydrogen-bond donors (Lipinski definition) is 0. The zero-order valence-corrected chi connectivity index (χ0v) is 15.9. The van der Waals surface area contributed by atoms with Crippen LogP contribution >= 0.6 is 23.5 Å². The van der Waals surface area contributed by atoms with E-state index >= 15 is 0 Å². The van der Waals surface area contributed by atoms with Gasteiger partial charge in [0, 0.05) is 9.79 Å². The molecule has 2 aromatic rings. The van der Waals surface area contributed by atoms with Crippen LogP contribution in [0.5, 0.6) is 0 Å². The van der Waals surface area contributed by atoms with E-state index in [0.29, 0.717) is 33.4 Å². The van der Waals surface area contributed by atoms with Crippen LogP contribution in [0.2, 0.25) is 0 Å². The van der Waals surface area contributed by atoms with Crippen molar-refractivity contribution < 1.29 is 22.8 Å². The van der Waals surface area contributed by atoms with Gasteiger partial charge in [0.15, 0.2) is 0 Å². The van der Waals surface area contributed by atoms with E-state index in [0.717, 1.165) is 23.9 Å². The van der Waals surface area contributed by atoms with Gasteiger partial charge in [0.1, 0.15) is 0 Å². The van der Waals surface area contributed by atoms with Gasteiger partial charge in [-0.2, -0.15) is 13.2 Å². The molecule has 0 aliphatic heterocycles. The maximum Gasteiger partial charge on any atom is 0.417 e. The summed E-state index contributed by atoms with van der Waals surface area (Å²) in [5.41, 5.74) is 0.469. The van der Waals surface area contributed by atoms with E-state index < -0.39 is 16.9 Å². The van der Waals surface area contributed by atoms with Gasteiger partial charge in [-0.3, -0.25) is 9.59 Å². The minimum atomic E-state index is -4.59. The van der Waals surface area contributed by atoms with Gasteiger partial charge in [-0.15, -0.1) is 0 Å². The Hall–Kier alpha value is -2.25. The van der Waals surface area contributed by atoms with Gasteiger partial charge in [-0.1, -0.05) is 31.4 Å². The second-order valence-corrected chi connectivity index (χ2v) is 7.62. The van der Waals surface area contributed by atoms with Crippen LogP contribution in [0.15, 0.2) is 77.1 Å². The standard InChI is InChI=1S/C20H15F3O2S2/c1-4-18(24)27-17-10-7-14(11-16(17)20(21,22)23)13-5-8-15(9-6-13)26-19(25)12(2)3/h4-11H,1-2H2,3H3. The zero-order valence-electron chi connectivity index (χ0n) is 14.3. The second-order valence-electron chi connectivity index (χ2n) is 5.53. The summed E-state index contributed by atoms with van der Waals surface area (Å²) in [6.45, 7) is 8.46. The van der Waals surface area contributed by atoms with Crippen molar-refractivity contribution >= 4 is 33.8 Å². The molecule has 0 heterocycles. The van der Waals surface area contributed by atoms with Crippen LogP contribution in [0.25, 0.3) is 11.1 Å². The zero-order chi connectivity index (χ0) is 20.2. The number of rotatable bonds is 5. The Kier molecular flexibility index (Phi) is 6.73. The Bertz CT molecular complexity index is 900. The van der Waals surface area contributed by atoms with Crippen LogP contribution in [0.3, 0.4) is 0 Å². The molecule has 0 aromatic heterocycles. The summed E-state index contributed by atoms with van der Waals surface area (Å²) in [5.74, 6) is 0. The number of halogens is 3. The summed E-state index contributed by atoms with van der Waals surface area (Å²) in [7, 11) is 0. The first-order chi connectivity index (χ1) is 12.6. The van der Waals surface area contributed by atoms with Gasteiger partial charge < -0.3 is 0 Å². The number of carbonyl (C=O) groups is 2. The monoisotopic (exact) mass is 408 g/mol. The maximum atomic E-state index is 13.4. The Balaban J connectivity index is 2.35. The normalized spacial score (nSPS) is 11.1. The average Bonchev–Trinajstić information content (AvgIpc) is 2.61. The Labute approximate surface area is 163 Å². The van der Waals surface area contributed by atoms with E-state index in [1.54, 1.807) is 31.2 Å². The van der Waals surface area contributed by atoms with Crippen LogP contribution in [0.1, 0.15) is 12.5 Å². The van der Waals surface area contributed by atoms with Crippen molar-refractivity contribution in [2.75, 3.05) is 0 Å². The average molecular weight is 408 g/mol. The lowest BCUT2D eigenvalue weighted by Gasteiger charge is -2.14. The fourth-order valence-corrected chi connectivity index (χ4v) is 3.46. The fourth-order valence-electron chi connectivity index (χ4n) is 2.08. The van der Waals surface area contributed by atoms with Gasteiger partial charge >= 0.3 is 6.18 Å². The minimum Gasteiger partial charge on any atom is -0.282 e. The SMILES string of the molecule is C=CC(=O)Sc1ccc(-c2ccc(SC(=O)C(=C)C)cc2)cc1C(F)(F)F. The maximum absolute atomic E-state index is 13.4. The molecule has 2 aromatic carbocycles. The van der Waals surface area contributed by atoms with Gasteiger partial charge in [-0.05, 0) is 77.5 Å². The predicted octanol–water partition coefficient (Wildman–Crippen LogP) is 6.37. The molecule has 2 rings (SSSR count). The highest BCUT2D eigenvalue weighted by atomic mass is 32.2. The predicted molar refractivity (Wildman–Crippen MR) is 104 cm³/mol. The van der Waals surface area contributed by atoms with Crippen molar-refractivity contribution in [1.82, 2.24) is 0 Å². The third-order valence-electron chi connectivity index (χ3n) is 3.41. The van der Waals surface area contributed by atoms with Crippen molar-refractivity contribution in [2.24, 2.45) is 0 Å². The van der Waals surface area contributed by atoms with E-state index in [1.165, 1.54) is 12.1 Å². The van der Waals surface area contributed by atoms with Gasteiger partial charge in [0.05, 0.1) is 5.56 Å². The molecule has 0 fully saturated rings. The minimum absolute atomic E-state index is 0.171. The third kappa shape index (κ3) is 5.61. The topological polar surface area (TPSA) is 34.1 Å². The quantitative estimate of drug-likeness (QED) is 0.425. The van der Waals surface area contributed by atoms with E-state index in [4.69, 9.17) is 0 Å². The third-order valence-corrected chi connectivity index (χ3v) is 5.39. The number of thioether (sulfide) groups is 2. The summed E-state index contributed by atoms with van der Waals surface area (Å²) < 4.78 is 40.1. The molecule has 0 spiro atoms. The van der Waals surface area contributed by atoms with Crippen LogP contribution in [-0.2, 0) is 15.8 Å². The number of benzene rings is 2. The molecule has 0 bridgehead atoms. The van der Waals surface area contributed by atoms with Crippen LogP contribution < -0.4 is 0 Å². The number of hydrogen-bond acceptors (Lipinski definition) is 4. The molecule has 0 aliphatic carbocycles. The molecule has 0 aliphatic rings. The molecule has 0 atom stereocenters. The first-order valence-corrected chi connectivity index (χ1v) is 9.28. The first-order valence-electron chi connectivity index (χ1n) is 7.65. The fraction of sp³-hybridized carbons (Fsp3) is 0.100. The van der Waals surface area contributed by atoms with E-state index in [9.17, 15) is 22.8 Å². The summed E-state index contributed by atoms with van der Waals surface area (Å²) >= 11 is 1.49. The second kappa shape index (κ2) is 8.63. The lowest BCUT2D eigenvalue weighted by Crippen LogP contribution is -2.07. The lowest BCUT2D eigenvalue weighted by molar-refractivity contribution is -0.139. The molecule has 27 heavy (non-hydrogen) atoms. The van der Waals surface area contributed by atoms with Crippen molar-refractivity contribution in [2.45, 2.75) is 22.9 Å². The Morgan fingerprint density at radius 2 is 1.59 bits per heavy atom. The summed E-state index contributed by atoms with van der Waals surface area (Å²) in [6, 6.07) is 10.4. The molecule has 0 saturated heterocycles. The van der Waals surface area contributed by atoms with Crippen molar-refractivity contribution in [1.29, 1.82) is 0 Å². The molecular formula is C20H15F3O2S2. The molecular weight excluding hydrogens is 393 g/mol. The first kappa shape index (κ1) is 21.1. The summed E-state index contributed by atoms with van der Waals surface area (Å²) in [5, 5.41) is -0.729. The van der Waals surface area contributed by atoms with Gasteiger partial charge in [0.2, 0.25) is 10.2 Å². The smallest absolute Gasteiger partial charge is 0.282 e. The number of alkyl halides is 3. The largest absolute Gasteiger partial charge is 0.417 e. The summed E-state index contributed by atoms with van der Waals surface area (Å²) in [6.07, 6.45) is -3.62. The summed E-state index contributed by atoms with van der Waals surface area (Å²) in [4.78, 5) is 23.6. The molecule has 0 N–H and O–H groups in total. The molecule has 0 radical (unpaired) electrons. The number of carbonyl (C=O) groups excluding carboxylic acids is 2. The Morgan fingerprint density at radius 1 is 1.00 bits per heavy atom. The lowest BCUT2D eigenvalue weighted by atomic mass is 10.0. The highest BCUT2D eigenvalue weighted by molar-refractivity contribution is 8.14. The van der Waals surface area contributed by atoms with Crippen molar-refractivity contribution in [3.63, 3.8) is 0 Å². The molecule has 140 valence electrons. The molecule has 0 amide bonds. The molecule has 2 nitrogen and oxygen atoms in total. The van der Waals surface area contributed by atoms with Gasteiger partial charge in [0.25, 0.3) is 0 Å². The molecule has 0 unspecified atom stereocenters. The van der Waals surface area contributed by atoms with Crippen molar-refractivity contribution in [3.8, 4) is 11.1 Å². The van der Waals surface area contributed by atoms with Crippen LogP contribution in [0.4, 0.5) is 13.2 Å². The Morgan fingerprint density at radius 3 is 2.11 bits per heavy atom. The van der Waals surface area contributed by atoms with Gasteiger partial charge in [-0.25, -0.2) is 0 Å². The molecule has 0 saturated carbocycles. The highest BCUT2D eigenvalue weighted by Gasteiger charge is 2.34.